The first kappa shape index (κ1) is 12.0. The highest BCUT2D eigenvalue weighted by molar-refractivity contribution is 4.91. The summed E-state index contributed by atoms with van der Waals surface area (Å²) in [6.07, 6.45) is 6.13. The average Bonchev–Trinajstić information content (AvgIpc) is 2.17. The molecule has 0 spiro atoms. The second kappa shape index (κ2) is 4.63. The molecule has 1 saturated carbocycles. The highest BCUT2D eigenvalue weighted by Crippen LogP contribution is 2.38. The summed E-state index contributed by atoms with van der Waals surface area (Å²) in [5, 5.41) is 10.3. The summed E-state index contributed by atoms with van der Waals surface area (Å²) in [7, 11) is 0. The molecule has 4 unspecified atom stereocenters. The van der Waals surface area contributed by atoms with Crippen molar-refractivity contribution >= 4 is 0 Å². The zero-order chi connectivity index (χ0) is 10.8. The van der Waals surface area contributed by atoms with Crippen LogP contribution in [-0.4, -0.2) is 16.7 Å². The van der Waals surface area contributed by atoms with Crippen LogP contribution in [0, 0.1) is 11.8 Å². The Morgan fingerprint density at radius 1 is 1.50 bits per heavy atom. The van der Waals surface area contributed by atoms with E-state index in [1.165, 1.54) is 19.3 Å². The third kappa shape index (κ3) is 2.48. The van der Waals surface area contributed by atoms with Gasteiger partial charge in [0.05, 0.1) is 5.60 Å². The van der Waals surface area contributed by atoms with Crippen molar-refractivity contribution in [3.05, 3.63) is 0 Å². The highest BCUT2D eigenvalue weighted by atomic mass is 16.3. The Kier molecular flexibility index (Phi) is 3.96. The van der Waals surface area contributed by atoms with Crippen LogP contribution in [0.5, 0.6) is 0 Å². The van der Waals surface area contributed by atoms with E-state index in [-0.39, 0.29) is 6.04 Å². The Morgan fingerprint density at radius 2 is 2.14 bits per heavy atom. The van der Waals surface area contributed by atoms with Crippen LogP contribution in [0.4, 0.5) is 0 Å². The van der Waals surface area contributed by atoms with Gasteiger partial charge in [-0.2, -0.15) is 0 Å². The lowest BCUT2D eigenvalue weighted by atomic mass is 9.70. The maximum atomic E-state index is 10.3. The Bertz CT molecular complexity index is 177. The molecule has 1 aliphatic carbocycles. The molecule has 0 aromatic rings. The van der Waals surface area contributed by atoms with Gasteiger partial charge >= 0.3 is 0 Å². The summed E-state index contributed by atoms with van der Waals surface area (Å²) < 4.78 is 0. The van der Waals surface area contributed by atoms with Gasteiger partial charge in [-0.1, -0.05) is 26.2 Å². The second-order valence-corrected chi connectivity index (χ2v) is 5.15. The van der Waals surface area contributed by atoms with Crippen LogP contribution in [0.25, 0.3) is 0 Å². The number of aliphatic hydroxyl groups is 1. The van der Waals surface area contributed by atoms with E-state index >= 15 is 0 Å². The van der Waals surface area contributed by atoms with Crippen molar-refractivity contribution in [2.75, 3.05) is 0 Å². The summed E-state index contributed by atoms with van der Waals surface area (Å²) in [6, 6.07) is -0.122. The van der Waals surface area contributed by atoms with Crippen molar-refractivity contribution in [3.63, 3.8) is 0 Å². The third-order valence-electron chi connectivity index (χ3n) is 4.11. The first-order valence-corrected chi connectivity index (χ1v) is 5.96. The van der Waals surface area contributed by atoms with Crippen LogP contribution in [0.15, 0.2) is 0 Å². The number of hydrogen-bond donors (Lipinski definition) is 2. The molecule has 0 bridgehead atoms. The SMILES string of the molecule is CCC1CCCC(C(C)(O)C(C)N)C1. The monoisotopic (exact) mass is 199 g/mol. The Labute approximate surface area is 87.9 Å². The van der Waals surface area contributed by atoms with E-state index in [0.717, 1.165) is 18.8 Å². The molecule has 0 aliphatic heterocycles. The molecule has 0 aromatic heterocycles. The Balaban J connectivity index is 2.59. The van der Waals surface area contributed by atoms with Gasteiger partial charge in [0.15, 0.2) is 0 Å². The highest BCUT2D eigenvalue weighted by Gasteiger charge is 2.37. The molecule has 1 fully saturated rings. The molecule has 14 heavy (non-hydrogen) atoms. The molecule has 0 aromatic carbocycles. The van der Waals surface area contributed by atoms with Crippen molar-refractivity contribution < 1.29 is 5.11 Å². The van der Waals surface area contributed by atoms with Crippen molar-refractivity contribution in [2.45, 2.75) is 64.5 Å². The fraction of sp³-hybridized carbons (Fsp3) is 1.00. The van der Waals surface area contributed by atoms with E-state index in [1.54, 1.807) is 0 Å². The molecule has 2 nitrogen and oxygen atoms in total. The average molecular weight is 199 g/mol. The maximum absolute atomic E-state index is 10.3. The van der Waals surface area contributed by atoms with Crippen molar-refractivity contribution in [1.82, 2.24) is 0 Å². The van der Waals surface area contributed by atoms with E-state index in [1.807, 2.05) is 13.8 Å². The molecular weight excluding hydrogens is 174 g/mol. The topological polar surface area (TPSA) is 46.2 Å². The quantitative estimate of drug-likeness (QED) is 0.732. The predicted octanol–water partition coefficient (Wildman–Crippen LogP) is 2.30. The fourth-order valence-electron chi connectivity index (χ4n) is 2.56. The van der Waals surface area contributed by atoms with Crippen LogP contribution in [0.2, 0.25) is 0 Å². The minimum Gasteiger partial charge on any atom is -0.388 e. The minimum absolute atomic E-state index is 0.122. The normalized spacial score (nSPS) is 34.9. The smallest absolute Gasteiger partial charge is 0.0795 e. The number of nitrogens with two attached hydrogens (primary N) is 1. The zero-order valence-corrected chi connectivity index (χ0v) is 9.79. The van der Waals surface area contributed by atoms with Crippen LogP contribution < -0.4 is 5.73 Å². The molecule has 2 heteroatoms. The molecule has 0 amide bonds. The van der Waals surface area contributed by atoms with Crippen molar-refractivity contribution in [1.29, 1.82) is 0 Å². The van der Waals surface area contributed by atoms with Gasteiger partial charge in [-0.25, -0.2) is 0 Å². The molecule has 1 rings (SSSR count). The zero-order valence-electron chi connectivity index (χ0n) is 9.79. The minimum atomic E-state index is -0.673. The first-order chi connectivity index (χ1) is 6.48. The lowest BCUT2D eigenvalue weighted by Crippen LogP contribution is -2.50. The standard InChI is InChI=1S/C12H25NO/c1-4-10-6-5-7-11(8-10)12(3,14)9(2)13/h9-11,14H,4-8,13H2,1-3H3. The van der Waals surface area contributed by atoms with E-state index in [0.29, 0.717) is 5.92 Å². The molecule has 84 valence electrons. The van der Waals surface area contributed by atoms with Crippen LogP contribution >= 0.6 is 0 Å². The first-order valence-electron chi connectivity index (χ1n) is 5.96. The van der Waals surface area contributed by atoms with Gasteiger partial charge in [0, 0.05) is 6.04 Å². The second-order valence-electron chi connectivity index (χ2n) is 5.15. The van der Waals surface area contributed by atoms with Gasteiger partial charge in [0.1, 0.15) is 0 Å². The van der Waals surface area contributed by atoms with Gasteiger partial charge in [-0.3, -0.25) is 0 Å². The number of hydrogen-bond acceptors (Lipinski definition) is 2. The van der Waals surface area contributed by atoms with Gasteiger partial charge in [-0.05, 0) is 38.5 Å². The summed E-state index contributed by atoms with van der Waals surface area (Å²) in [4.78, 5) is 0. The molecule has 1 aliphatic rings. The van der Waals surface area contributed by atoms with E-state index in [4.69, 9.17) is 5.73 Å². The summed E-state index contributed by atoms with van der Waals surface area (Å²) in [5.41, 5.74) is 5.17. The molecule has 3 N–H and O–H groups in total. The lowest BCUT2D eigenvalue weighted by Gasteiger charge is -2.40. The van der Waals surface area contributed by atoms with E-state index in [9.17, 15) is 5.11 Å². The molecule has 4 atom stereocenters. The molecule has 0 radical (unpaired) electrons. The molecular formula is C12H25NO. The van der Waals surface area contributed by atoms with Crippen LogP contribution in [-0.2, 0) is 0 Å². The van der Waals surface area contributed by atoms with Gasteiger partial charge < -0.3 is 10.8 Å². The third-order valence-corrected chi connectivity index (χ3v) is 4.11. The summed E-state index contributed by atoms with van der Waals surface area (Å²) >= 11 is 0. The van der Waals surface area contributed by atoms with E-state index in [2.05, 4.69) is 6.92 Å². The predicted molar refractivity (Wildman–Crippen MR) is 60.0 cm³/mol. The van der Waals surface area contributed by atoms with Gasteiger partial charge in [0.25, 0.3) is 0 Å². The van der Waals surface area contributed by atoms with Crippen molar-refractivity contribution in [2.24, 2.45) is 17.6 Å². The lowest BCUT2D eigenvalue weighted by molar-refractivity contribution is -0.0418. The van der Waals surface area contributed by atoms with Crippen LogP contribution in [0.1, 0.15) is 52.9 Å². The fourth-order valence-corrected chi connectivity index (χ4v) is 2.56. The largest absolute Gasteiger partial charge is 0.388 e. The molecule has 0 saturated heterocycles. The Hall–Kier alpha value is -0.0800. The maximum Gasteiger partial charge on any atom is 0.0795 e. The van der Waals surface area contributed by atoms with Gasteiger partial charge in [0.2, 0.25) is 0 Å². The summed E-state index contributed by atoms with van der Waals surface area (Å²) in [6.45, 7) is 6.06. The number of rotatable bonds is 3. The van der Waals surface area contributed by atoms with E-state index < -0.39 is 5.60 Å². The van der Waals surface area contributed by atoms with Crippen molar-refractivity contribution in [3.8, 4) is 0 Å². The van der Waals surface area contributed by atoms with Crippen LogP contribution in [0.3, 0.4) is 0 Å². The summed E-state index contributed by atoms with van der Waals surface area (Å²) in [5.74, 6) is 1.21. The van der Waals surface area contributed by atoms with Gasteiger partial charge in [-0.15, -0.1) is 0 Å². The molecule has 0 heterocycles. The Morgan fingerprint density at radius 3 is 2.64 bits per heavy atom.